The maximum atomic E-state index is 9.28. The molecule has 0 aliphatic heterocycles. The van der Waals surface area contributed by atoms with Crippen LogP contribution in [0.4, 0.5) is 0 Å². The summed E-state index contributed by atoms with van der Waals surface area (Å²) >= 11 is 11.1. The van der Waals surface area contributed by atoms with E-state index in [1.165, 1.54) is 12.1 Å². The summed E-state index contributed by atoms with van der Waals surface area (Å²) in [6.45, 7) is 0. The van der Waals surface area contributed by atoms with Crippen LogP contribution in [-0.2, 0) is 0 Å². The minimum atomic E-state index is -0.870. The monoisotopic (exact) mass is 206 g/mol. The van der Waals surface area contributed by atoms with Gasteiger partial charge in [0.05, 0.1) is 12.0 Å². The highest BCUT2D eigenvalue weighted by Gasteiger charge is 2.10. The van der Waals surface area contributed by atoms with Crippen LogP contribution in [0.1, 0.15) is 11.7 Å². The molecule has 2 N–H and O–H groups in total. The highest BCUT2D eigenvalue weighted by molar-refractivity contribution is 6.30. The quantitative estimate of drug-likeness (QED) is 0.730. The fourth-order valence-corrected chi connectivity index (χ4v) is 1.22. The summed E-state index contributed by atoms with van der Waals surface area (Å²) in [6.07, 6.45) is -0.870. The summed E-state index contributed by atoms with van der Waals surface area (Å²) in [5.74, 6) is 0.0426. The molecule has 0 heterocycles. The molecule has 0 amide bonds. The number of aliphatic hydroxyl groups excluding tert-OH is 1. The second-order valence-electron chi connectivity index (χ2n) is 2.37. The molecule has 1 atom stereocenters. The fourth-order valence-electron chi connectivity index (χ4n) is 0.875. The second-order valence-corrected chi connectivity index (χ2v) is 3.12. The molecule has 2 nitrogen and oxygen atoms in total. The molecule has 0 bridgehead atoms. The molecule has 66 valence electrons. The van der Waals surface area contributed by atoms with Gasteiger partial charge in [-0.3, -0.25) is 0 Å². The number of benzene rings is 1. The Labute approximate surface area is 80.4 Å². The van der Waals surface area contributed by atoms with Gasteiger partial charge in [-0.05, 0) is 18.2 Å². The average molecular weight is 207 g/mol. The summed E-state index contributed by atoms with van der Waals surface area (Å²) in [7, 11) is 0. The second kappa shape index (κ2) is 3.99. The Balaban J connectivity index is 3.04. The predicted octanol–water partition coefficient (Wildman–Crippen LogP) is 2.32. The molecular formula is C8H8Cl2O2. The maximum Gasteiger partial charge on any atom is 0.121 e. The van der Waals surface area contributed by atoms with Crippen LogP contribution in [0.3, 0.4) is 0 Å². The number of phenols is 1. The van der Waals surface area contributed by atoms with Crippen molar-refractivity contribution in [1.29, 1.82) is 0 Å². The normalized spacial score (nSPS) is 12.9. The van der Waals surface area contributed by atoms with Crippen molar-refractivity contribution in [2.24, 2.45) is 0 Å². The summed E-state index contributed by atoms with van der Waals surface area (Å²) in [5, 5.41) is 19.0. The van der Waals surface area contributed by atoms with Crippen molar-refractivity contribution in [1.82, 2.24) is 0 Å². The molecule has 0 fully saturated rings. The van der Waals surface area contributed by atoms with Crippen molar-refractivity contribution >= 4 is 23.2 Å². The van der Waals surface area contributed by atoms with Crippen molar-refractivity contribution in [3.8, 4) is 5.75 Å². The molecule has 4 heteroatoms. The molecule has 1 unspecified atom stereocenters. The molecule has 0 aliphatic rings. The Morgan fingerprint density at radius 3 is 2.67 bits per heavy atom. The van der Waals surface area contributed by atoms with Crippen LogP contribution in [0.15, 0.2) is 18.2 Å². The van der Waals surface area contributed by atoms with E-state index >= 15 is 0 Å². The summed E-state index contributed by atoms with van der Waals surface area (Å²) in [6, 6.07) is 4.46. The van der Waals surface area contributed by atoms with Crippen molar-refractivity contribution < 1.29 is 10.2 Å². The van der Waals surface area contributed by atoms with Gasteiger partial charge in [-0.25, -0.2) is 0 Å². The van der Waals surface area contributed by atoms with Crippen molar-refractivity contribution in [3.05, 3.63) is 28.8 Å². The Bertz CT molecular complexity index is 276. The van der Waals surface area contributed by atoms with Crippen molar-refractivity contribution in [2.45, 2.75) is 6.10 Å². The highest BCUT2D eigenvalue weighted by Crippen LogP contribution is 2.27. The minimum absolute atomic E-state index is 0.00699. The lowest BCUT2D eigenvalue weighted by Crippen LogP contribution is -1.98. The Kier molecular flexibility index (Phi) is 3.20. The zero-order valence-electron chi connectivity index (χ0n) is 6.17. The van der Waals surface area contributed by atoms with Crippen molar-refractivity contribution in [3.63, 3.8) is 0 Å². The van der Waals surface area contributed by atoms with Crippen LogP contribution in [0.2, 0.25) is 5.02 Å². The van der Waals surface area contributed by atoms with E-state index < -0.39 is 6.10 Å². The lowest BCUT2D eigenvalue weighted by Gasteiger charge is -2.08. The SMILES string of the molecule is Oc1ccc(Cl)cc1C(O)CCl. The molecule has 12 heavy (non-hydrogen) atoms. The van der Waals surface area contributed by atoms with E-state index in [-0.39, 0.29) is 11.6 Å². The van der Waals surface area contributed by atoms with Gasteiger partial charge in [0.2, 0.25) is 0 Å². The predicted molar refractivity (Wildman–Crippen MR) is 48.8 cm³/mol. The molecule has 1 rings (SSSR count). The van der Waals surface area contributed by atoms with Crippen molar-refractivity contribution in [2.75, 3.05) is 5.88 Å². The van der Waals surface area contributed by atoms with Gasteiger partial charge in [0.1, 0.15) is 5.75 Å². The summed E-state index contributed by atoms with van der Waals surface area (Å²) in [4.78, 5) is 0. The first-order valence-corrected chi connectivity index (χ1v) is 4.29. The fraction of sp³-hybridized carbons (Fsp3) is 0.250. The molecule has 0 radical (unpaired) electrons. The zero-order valence-corrected chi connectivity index (χ0v) is 7.68. The topological polar surface area (TPSA) is 40.5 Å². The molecule has 1 aromatic carbocycles. The van der Waals surface area contributed by atoms with Crippen LogP contribution in [0, 0.1) is 0 Å². The number of aromatic hydroxyl groups is 1. The number of hydrogen-bond donors (Lipinski definition) is 2. The van der Waals surface area contributed by atoms with E-state index in [0.717, 1.165) is 0 Å². The van der Waals surface area contributed by atoms with Gasteiger partial charge in [0, 0.05) is 10.6 Å². The number of alkyl halides is 1. The number of aliphatic hydroxyl groups is 1. The molecule has 0 aliphatic carbocycles. The molecular weight excluding hydrogens is 199 g/mol. The summed E-state index contributed by atoms with van der Waals surface area (Å²) in [5.41, 5.74) is 0.359. The van der Waals surface area contributed by atoms with Gasteiger partial charge in [-0.1, -0.05) is 11.6 Å². The van der Waals surface area contributed by atoms with Crippen LogP contribution in [0.5, 0.6) is 5.75 Å². The molecule has 0 saturated heterocycles. The number of hydrogen-bond acceptors (Lipinski definition) is 2. The number of halogens is 2. The van der Waals surface area contributed by atoms with Gasteiger partial charge < -0.3 is 10.2 Å². The minimum Gasteiger partial charge on any atom is -0.508 e. The van der Waals surface area contributed by atoms with E-state index in [4.69, 9.17) is 23.2 Å². The molecule has 0 spiro atoms. The Morgan fingerprint density at radius 2 is 2.08 bits per heavy atom. The third kappa shape index (κ3) is 2.03. The molecule has 0 saturated carbocycles. The van der Waals surface area contributed by atoms with Crippen LogP contribution < -0.4 is 0 Å². The van der Waals surface area contributed by atoms with Gasteiger partial charge in [-0.15, -0.1) is 11.6 Å². The maximum absolute atomic E-state index is 9.28. The summed E-state index contributed by atoms with van der Waals surface area (Å²) < 4.78 is 0. The van der Waals surface area contributed by atoms with E-state index in [0.29, 0.717) is 10.6 Å². The smallest absolute Gasteiger partial charge is 0.121 e. The first-order chi connectivity index (χ1) is 5.65. The van der Waals surface area contributed by atoms with Crippen LogP contribution in [0.25, 0.3) is 0 Å². The Morgan fingerprint density at radius 1 is 1.42 bits per heavy atom. The number of rotatable bonds is 2. The van der Waals surface area contributed by atoms with Gasteiger partial charge >= 0.3 is 0 Å². The standard InChI is InChI=1S/C8H8Cl2O2/c9-4-8(12)6-3-5(10)1-2-7(6)11/h1-3,8,11-12H,4H2. The van der Waals surface area contributed by atoms with E-state index in [2.05, 4.69) is 0 Å². The zero-order chi connectivity index (χ0) is 9.14. The van der Waals surface area contributed by atoms with Gasteiger partial charge in [-0.2, -0.15) is 0 Å². The first kappa shape index (κ1) is 9.65. The molecule has 0 aromatic heterocycles. The van der Waals surface area contributed by atoms with Gasteiger partial charge in [0.15, 0.2) is 0 Å². The largest absolute Gasteiger partial charge is 0.508 e. The van der Waals surface area contributed by atoms with Gasteiger partial charge in [0.25, 0.3) is 0 Å². The van der Waals surface area contributed by atoms with E-state index in [1.807, 2.05) is 0 Å². The van der Waals surface area contributed by atoms with Crippen LogP contribution >= 0.6 is 23.2 Å². The lowest BCUT2D eigenvalue weighted by molar-refractivity contribution is 0.198. The Hall–Kier alpha value is -0.440. The van der Waals surface area contributed by atoms with E-state index in [9.17, 15) is 10.2 Å². The highest BCUT2D eigenvalue weighted by atomic mass is 35.5. The van der Waals surface area contributed by atoms with E-state index in [1.54, 1.807) is 6.07 Å². The molecule has 1 aromatic rings. The third-order valence-electron chi connectivity index (χ3n) is 1.49. The lowest BCUT2D eigenvalue weighted by atomic mass is 10.1. The first-order valence-electron chi connectivity index (χ1n) is 3.37. The average Bonchev–Trinajstić information content (AvgIpc) is 2.08. The van der Waals surface area contributed by atoms with Crippen LogP contribution in [-0.4, -0.2) is 16.1 Å². The number of phenolic OH excluding ortho intramolecular Hbond substituents is 1. The third-order valence-corrected chi connectivity index (χ3v) is 2.02.